The molecule has 0 aromatic heterocycles. The molecule has 1 saturated heterocycles. The number of nitrogens with two attached hydrogens (primary N) is 1. The van der Waals surface area contributed by atoms with Crippen LogP contribution in [0.5, 0.6) is 0 Å². The number of hydrogen-bond acceptors (Lipinski definition) is 3. The molecule has 3 nitrogen and oxygen atoms in total. The average molecular weight is 281 g/mol. The third kappa shape index (κ3) is 3.05. The fraction of sp³-hybridized carbons (Fsp3) is 1.00. The second kappa shape index (κ2) is 5.58. The third-order valence-electron chi connectivity index (χ3n) is 5.72. The molecule has 2 fully saturated rings. The largest absolute Gasteiger partial charge is 0.329 e. The van der Waals surface area contributed by atoms with Gasteiger partial charge >= 0.3 is 0 Å². The van der Waals surface area contributed by atoms with Crippen LogP contribution < -0.4 is 5.73 Å². The zero-order valence-corrected chi connectivity index (χ0v) is 14.4. The molecule has 1 aliphatic heterocycles. The van der Waals surface area contributed by atoms with Crippen LogP contribution in [0.1, 0.15) is 47.0 Å². The van der Waals surface area contributed by atoms with E-state index in [2.05, 4.69) is 51.6 Å². The van der Waals surface area contributed by atoms with Crippen LogP contribution in [0.25, 0.3) is 0 Å². The Morgan fingerprint density at radius 3 is 2.25 bits per heavy atom. The van der Waals surface area contributed by atoms with Gasteiger partial charge in [-0.3, -0.25) is 4.90 Å². The molecular formula is C17H35N3. The molecule has 0 radical (unpaired) electrons. The molecule has 0 spiro atoms. The Hall–Kier alpha value is -0.120. The average Bonchev–Trinajstić information content (AvgIpc) is 2.69. The van der Waals surface area contributed by atoms with Gasteiger partial charge in [0.15, 0.2) is 0 Å². The summed E-state index contributed by atoms with van der Waals surface area (Å²) in [5.41, 5.74) is 6.98. The maximum absolute atomic E-state index is 6.31. The highest BCUT2D eigenvalue weighted by molar-refractivity contribution is 5.05. The Morgan fingerprint density at radius 1 is 1.15 bits per heavy atom. The van der Waals surface area contributed by atoms with Gasteiger partial charge in [-0.15, -0.1) is 0 Å². The zero-order chi connectivity index (χ0) is 15.1. The fourth-order valence-electron chi connectivity index (χ4n) is 5.23. The molecule has 0 bridgehead atoms. The summed E-state index contributed by atoms with van der Waals surface area (Å²) in [5.74, 6) is 1.53. The smallest absolute Gasteiger partial charge is 0.0340 e. The zero-order valence-electron chi connectivity index (χ0n) is 14.4. The summed E-state index contributed by atoms with van der Waals surface area (Å²) >= 11 is 0. The van der Waals surface area contributed by atoms with E-state index in [-0.39, 0.29) is 5.54 Å². The van der Waals surface area contributed by atoms with Crippen molar-refractivity contribution < 1.29 is 0 Å². The number of likely N-dealkylation sites (N-methyl/N-ethyl adjacent to an activating group) is 1. The van der Waals surface area contributed by atoms with Crippen molar-refractivity contribution in [2.75, 3.05) is 33.7 Å². The van der Waals surface area contributed by atoms with Crippen LogP contribution in [-0.2, 0) is 0 Å². The first-order chi connectivity index (χ1) is 9.19. The Labute approximate surface area is 125 Å². The van der Waals surface area contributed by atoms with Crippen molar-refractivity contribution in [2.45, 2.75) is 58.5 Å². The first-order valence-corrected chi connectivity index (χ1v) is 8.31. The van der Waals surface area contributed by atoms with Crippen molar-refractivity contribution in [3.63, 3.8) is 0 Å². The van der Waals surface area contributed by atoms with E-state index >= 15 is 0 Å². The minimum atomic E-state index is 0.236. The summed E-state index contributed by atoms with van der Waals surface area (Å²) in [5, 5.41) is 0. The molecule has 2 rings (SSSR count). The van der Waals surface area contributed by atoms with Crippen molar-refractivity contribution in [2.24, 2.45) is 23.0 Å². The maximum Gasteiger partial charge on any atom is 0.0340 e. The van der Waals surface area contributed by atoms with E-state index in [0.29, 0.717) is 11.5 Å². The van der Waals surface area contributed by atoms with Gasteiger partial charge in [-0.25, -0.2) is 0 Å². The highest BCUT2D eigenvalue weighted by Crippen LogP contribution is 2.47. The molecular weight excluding hydrogens is 246 g/mol. The van der Waals surface area contributed by atoms with E-state index in [4.69, 9.17) is 5.73 Å². The number of hydrogen-bond donors (Lipinski definition) is 1. The van der Waals surface area contributed by atoms with E-state index in [9.17, 15) is 0 Å². The minimum Gasteiger partial charge on any atom is -0.329 e. The van der Waals surface area contributed by atoms with Crippen LogP contribution in [-0.4, -0.2) is 55.1 Å². The maximum atomic E-state index is 6.31. The fourth-order valence-corrected chi connectivity index (χ4v) is 5.23. The normalized spacial score (nSPS) is 42.3. The molecule has 2 aliphatic rings. The predicted octanol–water partition coefficient (Wildman–Crippen LogP) is 2.41. The van der Waals surface area contributed by atoms with Crippen LogP contribution in [0.4, 0.5) is 0 Å². The van der Waals surface area contributed by atoms with E-state index in [1.165, 1.54) is 32.4 Å². The molecule has 0 aromatic rings. The van der Waals surface area contributed by atoms with Crippen molar-refractivity contribution in [3.8, 4) is 0 Å². The molecule has 4 atom stereocenters. The lowest BCUT2D eigenvalue weighted by atomic mass is 9.63. The van der Waals surface area contributed by atoms with Gasteiger partial charge in [-0.1, -0.05) is 27.7 Å². The molecule has 0 aromatic carbocycles. The van der Waals surface area contributed by atoms with Crippen molar-refractivity contribution >= 4 is 0 Å². The van der Waals surface area contributed by atoms with Gasteiger partial charge in [0.25, 0.3) is 0 Å². The Morgan fingerprint density at radius 2 is 1.80 bits per heavy atom. The lowest BCUT2D eigenvalue weighted by molar-refractivity contribution is -0.00196. The van der Waals surface area contributed by atoms with Gasteiger partial charge in [-0.2, -0.15) is 0 Å². The first kappa shape index (κ1) is 16.3. The van der Waals surface area contributed by atoms with E-state index in [0.717, 1.165) is 18.4 Å². The molecule has 4 unspecified atom stereocenters. The Bertz CT molecular complexity index is 339. The van der Waals surface area contributed by atoms with Gasteiger partial charge in [0.05, 0.1) is 0 Å². The highest BCUT2D eigenvalue weighted by atomic mass is 15.3. The molecule has 2 N–H and O–H groups in total. The van der Waals surface area contributed by atoms with Crippen LogP contribution in [0.2, 0.25) is 0 Å². The van der Waals surface area contributed by atoms with Gasteiger partial charge in [0.1, 0.15) is 0 Å². The second-order valence-electron chi connectivity index (χ2n) is 8.70. The van der Waals surface area contributed by atoms with E-state index in [1.54, 1.807) is 0 Å². The monoisotopic (exact) mass is 281 g/mol. The lowest BCUT2D eigenvalue weighted by Crippen LogP contribution is -2.58. The lowest BCUT2D eigenvalue weighted by Gasteiger charge is -2.52. The first-order valence-electron chi connectivity index (χ1n) is 8.31. The van der Waals surface area contributed by atoms with Gasteiger partial charge < -0.3 is 10.6 Å². The summed E-state index contributed by atoms with van der Waals surface area (Å²) in [6.45, 7) is 12.9. The molecule has 1 heterocycles. The number of likely N-dealkylation sites (tertiary alicyclic amines) is 1. The molecule has 118 valence electrons. The summed E-state index contributed by atoms with van der Waals surface area (Å²) in [6.07, 6.45) is 3.88. The number of nitrogens with zero attached hydrogens (tertiary/aromatic N) is 2. The van der Waals surface area contributed by atoms with E-state index < -0.39 is 0 Å². The van der Waals surface area contributed by atoms with Gasteiger partial charge in [-0.05, 0) is 50.6 Å². The van der Waals surface area contributed by atoms with Crippen molar-refractivity contribution in [3.05, 3.63) is 0 Å². The van der Waals surface area contributed by atoms with Crippen molar-refractivity contribution in [1.82, 2.24) is 9.80 Å². The quantitative estimate of drug-likeness (QED) is 0.862. The SMILES string of the molecule is CC1CC(C)(C)CC(CN)(N2CC(C)C(N(C)C)C2)C1. The third-order valence-corrected chi connectivity index (χ3v) is 5.72. The Balaban J connectivity index is 2.19. The number of rotatable bonds is 3. The van der Waals surface area contributed by atoms with E-state index in [1.807, 2.05) is 0 Å². The van der Waals surface area contributed by atoms with Crippen LogP contribution >= 0.6 is 0 Å². The van der Waals surface area contributed by atoms with Gasteiger partial charge in [0.2, 0.25) is 0 Å². The summed E-state index contributed by atoms with van der Waals surface area (Å²) in [4.78, 5) is 5.13. The standard InChI is InChI=1S/C17H35N3/c1-13-7-16(3,4)11-17(8-13,12-18)20-9-14(2)15(10-20)19(5)6/h13-15H,7-12,18H2,1-6H3. The summed E-state index contributed by atoms with van der Waals surface area (Å²) < 4.78 is 0. The molecule has 0 amide bonds. The summed E-state index contributed by atoms with van der Waals surface area (Å²) in [6, 6.07) is 0.679. The van der Waals surface area contributed by atoms with Crippen LogP contribution in [0.3, 0.4) is 0 Å². The summed E-state index contributed by atoms with van der Waals surface area (Å²) in [7, 11) is 4.43. The van der Waals surface area contributed by atoms with Crippen LogP contribution in [0, 0.1) is 17.3 Å². The van der Waals surface area contributed by atoms with Crippen LogP contribution in [0.15, 0.2) is 0 Å². The molecule has 20 heavy (non-hydrogen) atoms. The molecule has 1 saturated carbocycles. The topological polar surface area (TPSA) is 32.5 Å². The highest BCUT2D eigenvalue weighted by Gasteiger charge is 2.48. The predicted molar refractivity (Wildman–Crippen MR) is 86.8 cm³/mol. The Kier molecular flexibility index (Phi) is 4.54. The second-order valence-corrected chi connectivity index (χ2v) is 8.70. The molecule has 1 aliphatic carbocycles. The minimum absolute atomic E-state index is 0.236. The molecule has 3 heteroatoms. The van der Waals surface area contributed by atoms with Crippen molar-refractivity contribution in [1.29, 1.82) is 0 Å². The van der Waals surface area contributed by atoms with Gasteiger partial charge in [0, 0.05) is 31.2 Å².